The van der Waals surface area contributed by atoms with Crippen LogP contribution in [0.15, 0.2) is 18.2 Å². The Labute approximate surface area is 118 Å². The Bertz CT molecular complexity index is 546. The maximum atomic E-state index is 13.5. The smallest absolute Gasteiger partial charge is 0.229 e. The van der Waals surface area contributed by atoms with Crippen molar-refractivity contribution in [3.63, 3.8) is 0 Å². The number of halogens is 1. The molecular formula is C12H19FN2O4S. The van der Waals surface area contributed by atoms with E-state index in [1.54, 1.807) is 0 Å². The third-order valence-electron chi connectivity index (χ3n) is 2.53. The zero-order chi connectivity index (χ0) is 15.3. The van der Waals surface area contributed by atoms with Crippen LogP contribution in [0.5, 0.6) is 0 Å². The summed E-state index contributed by atoms with van der Waals surface area (Å²) in [7, 11) is -0.523. The molecule has 0 heterocycles. The summed E-state index contributed by atoms with van der Waals surface area (Å²) in [6.45, 7) is 1.82. The van der Waals surface area contributed by atoms with Gasteiger partial charge in [0.2, 0.25) is 10.0 Å². The quantitative estimate of drug-likeness (QED) is 0.749. The molecule has 1 rings (SSSR count). The molecule has 1 unspecified atom stereocenters. The molecule has 0 aliphatic heterocycles. The number of hydrogen-bond donors (Lipinski definition) is 2. The van der Waals surface area contributed by atoms with Crippen molar-refractivity contribution in [2.45, 2.75) is 19.3 Å². The predicted octanol–water partition coefficient (Wildman–Crippen LogP) is 1.62. The minimum Gasteiger partial charge on any atom is -0.377 e. The Morgan fingerprint density at radius 3 is 2.35 bits per heavy atom. The molecule has 0 amide bonds. The third kappa shape index (κ3) is 4.95. The van der Waals surface area contributed by atoms with Gasteiger partial charge in [0.15, 0.2) is 6.29 Å². The largest absolute Gasteiger partial charge is 0.377 e. The normalized spacial score (nSPS) is 13.3. The fourth-order valence-corrected chi connectivity index (χ4v) is 2.28. The zero-order valence-electron chi connectivity index (χ0n) is 11.8. The number of benzene rings is 1. The molecule has 1 aromatic rings. The van der Waals surface area contributed by atoms with Crippen molar-refractivity contribution in [2.75, 3.05) is 30.5 Å². The van der Waals surface area contributed by atoms with E-state index >= 15 is 0 Å². The number of rotatable bonds is 7. The first-order chi connectivity index (χ1) is 9.26. The van der Waals surface area contributed by atoms with Crippen LogP contribution in [0.1, 0.15) is 6.92 Å². The van der Waals surface area contributed by atoms with Gasteiger partial charge in [0.25, 0.3) is 0 Å². The van der Waals surface area contributed by atoms with Crippen molar-refractivity contribution in [2.24, 2.45) is 0 Å². The van der Waals surface area contributed by atoms with E-state index in [4.69, 9.17) is 9.47 Å². The Morgan fingerprint density at radius 1 is 1.25 bits per heavy atom. The van der Waals surface area contributed by atoms with Crippen LogP contribution in [-0.4, -0.2) is 41.2 Å². The fraction of sp³-hybridized carbons (Fsp3) is 0.500. The maximum absolute atomic E-state index is 13.5. The Balaban J connectivity index is 2.90. The molecule has 0 fully saturated rings. The summed E-state index contributed by atoms with van der Waals surface area (Å²) in [6, 6.07) is 3.84. The van der Waals surface area contributed by atoms with E-state index in [1.807, 2.05) is 6.92 Å². The van der Waals surface area contributed by atoms with Gasteiger partial charge in [-0.15, -0.1) is 0 Å². The molecule has 1 aromatic carbocycles. The molecule has 0 saturated carbocycles. The van der Waals surface area contributed by atoms with Gasteiger partial charge in [-0.3, -0.25) is 4.72 Å². The SMILES string of the molecule is COC(OC)C(C)Nc1ccc(F)c(NS(C)(=O)=O)c1. The van der Waals surface area contributed by atoms with Crippen LogP contribution >= 0.6 is 0 Å². The summed E-state index contributed by atoms with van der Waals surface area (Å²) in [5, 5.41) is 3.05. The first kappa shape index (κ1) is 16.7. The van der Waals surface area contributed by atoms with Gasteiger partial charge >= 0.3 is 0 Å². The highest BCUT2D eigenvalue weighted by molar-refractivity contribution is 7.92. The van der Waals surface area contributed by atoms with Gasteiger partial charge in [0, 0.05) is 19.9 Å². The predicted molar refractivity (Wildman–Crippen MR) is 75.8 cm³/mol. The lowest BCUT2D eigenvalue weighted by atomic mass is 10.2. The molecule has 2 N–H and O–H groups in total. The molecule has 1 atom stereocenters. The number of nitrogens with one attached hydrogen (secondary N) is 2. The summed E-state index contributed by atoms with van der Waals surface area (Å²) in [5.41, 5.74) is 0.431. The van der Waals surface area contributed by atoms with Crippen LogP contribution in [0, 0.1) is 5.82 Å². The molecule has 8 heteroatoms. The molecule has 20 heavy (non-hydrogen) atoms. The van der Waals surface area contributed by atoms with E-state index in [-0.39, 0.29) is 11.7 Å². The van der Waals surface area contributed by atoms with Gasteiger partial charge in [-0.05, 0) is 25.1 Å². The topological polar surface area (TPSA) is 76.7 Å². The zero-order valence-corrected chi connectivity index (χ0v) is 12.6. The second-order valence-corrected chi connectivity index (χ2v) is 6.09. The van der Waals surface area contributed by atoms with Crippen molar-refractivity contribution < 1.29 is 22.3 Å². The van der Waals surface area contributed by atoms with Gasteiger partial charge < -0.3 is 14.8 Å². The fourth-order valence-electron chi connectivity index (χ4n) is 1.73. The molecule has 0 spiro atoms. The van der Waals surface area contributed by atoms with E-state index in [2.05, 4.69) is 10.0 Å². The van der Waals surface area contributed by atoms with E-state index in [1.165, 1.54) is 32.4 Å². The highest BCUT2D eigenvalue weighted by atomic mass is 32.2. The lowest BCUT2D eigenvalue weighted by Crippen LogP contribution is -2.33. The van der Waals surface area contributed by atoms with Crippen molar-refractivity contribution in [3.8, 4) is 0 Å². The summed E-state index contributed by atoms with van der Waals surface area (Å²) in [4.78, 5) is 0. The summed E-state index contributed by atoms with van der Waals surface area (Å²) in [6.07, 6.45) is 0.479. The molecule has 0 saturated heterocycles. The number of sulfonamides is 1. The first-order valence-corrected chi connectivity index (χ1v) is 7.75. The summed E-state index contributed by atoms with van der Waals surface area (Å²) in [5.74, 6) is -0.649. The maximum Gasteiger partial charge on any atom is 0.229 e. The van der Waals surface area contributed by atoms with Gasteiger partial charge in [-0.25, -0.2) is 12.8 Å². The van der Waals surface area contributed by atoms with Gasteiger partial charge in [-0.1, -0.05) is 0 Å². The van der Waals surface area contributed by atoms with Crippen molar-refractivity contribution in [1.29, 1.82) is 0 Å². The average molecular weight is 306 g/mol. The van der Waals surface area contributed by atoms with Gasteiger partial charge in [-0.2, -0.15) is 0 Å². The van der Waals surface area contributed by atoms with E-state index in [9.17, 15) is 12.8 Å². The van der Waals surface area contributed by atoms with Crippen LogP contribution in [0.3, 0.4) is 0 Å². The summed E-state index contributed by atoms with van der Waals surface area (Å²) >= 11 is 0. The van der Waals surface area contributed by atoms with E-state index in [0.29, 0.717) is 5.69 Å². The average Bonchev–Trinajstić information content (AvgIpc) is 2.33. The molecule has 6 nitrogen and oxygen atoms in total. The molecule has 0 radical (unpaired) electrons. The molecular weight excluding hydrogens is 287 g/mol. The second-order valence-electron chi connectivity index (χ2n) is 4.34. The van der Waals surface area contributed by atoms with Crippen molar-refractivity contribution in [3.05, 3.63) is 24.0 Å². The van der Waals surface area contributed by atoms with Crippen LogP contribution in [0.4, 0.5) is 15.8 Å². The molecule has 0 aliphatic carbocycles. The minimum absolute atomic E-state index is 0.115. The Morgan fingerprint density at radius 2 is 1.85 bits per heavy atom. The molecule has 0 bridgehead atoms. The summed E-state index contributed by atoms with van der Waals surface area (Å²) < 4.78 is 48.1. The first-order valence-electron chi connectivity index (χ1n) is 5.86. The van der Waals surface area contributed by atoms with E-state index in [0.717, 1.165) is 6.26 Å². The van der Waals surface area contributed by atoms with Crippen LogP contribution in [0.25, 0.3) is 0 Å². The number of methoxy groups -OCH3 is 2. The van der Waals surface area contributed by atoms with Crippen LogP contribution < -0.4 is 10.0 Å². The highest BCUT2D eigenvalue weighted by Crippen LogP contribution is 2.21. The molecule has 114 valence electrons. The number of hydrogen-bond acceptors (Lipinski definition) is 5. The molecule has 0 aromatic heterocycles. The van der Waals surface area contributed by atoms with Crippen LogP contribution in [-0.2, 0) is 19.5 Å². The second kappa shape index (κ2) is 6.87. The number of anilines is 2. The van der Waals surface area contributed by atoms with Gasteiger partial charge in [0.1, 0.15) is 5.82 Å². The third-order valence-corrected chi connectivity index (χ3v) is 3.12. The standard InChI is InChI=1S/C12H19FN2O4S/c1-8(12(18-2)19-3)14-9-5-6-10(13)11(7-9)15-20(4,16)17/h5-8,12,14-15H,1-4H3. The van der Waals surface area contributed by atoms with Crippen molar-refractivity contribution in [1.82, 2.24) is 0 Å². The monoisotopic (exact) mass is 306 g/mol. The van der Waals surface area contributed by atoms with Crippen molar-refractivity contribution >= 4 is 21.4 Å². The highest BCUT2D eigenvalue weighted by Gasteiger charge is 2.16. The number of ether oxygens (including phenoxy) is 2. The Hall–Kier alpha value is -1.38. The lowest BCUT2D eigenvalue weighted by Gasteiger charge is -2.23. The van der Waals surface area contributed by atoms with Crippen LogP contribution in [0.2, 0.25) is 0 Å². The van der Waals surface area contributed by atoms with E-state index < -0.39 is 22.1 Å². The molecule has 0 aliphatic rings. The van der Waals surface area contributed by atoms with Gasteiger partial charge in [0.05, 0.1) is 18.0 Å². The Kier molecular flexibility index (Phi) is 5.73. The minimum atomic E-state index is -3.54. The lowest BCUT2D eigenvalue weighted by molar-refractivity contribution is -0.109.